The van der Waals surface area contributed by atoms with Crippen LogP contribution in [0, 0.1) is 5.92 Å². The lowest BCUT2D eigenvalue weighted by molar-refractivity contribution is -0.145. The van der Waals surface area contributed by atoms with Crippen LogP contribution < -0.4 is 5.43 Å². The van der Waals surface area contributed by atoms with Crippen molar-refractivity contribution in [3.63, 3.8) is 0 Å². The molecular formula is C20H24N2O4. The average molecular weight is 356 g/mol. The second kappa shape index (κ2) is 8.99. The summed E-state index contributed by atoms with van der Waals surface area (Å²) in [6, 6.07) is 10.6. The molecule has 0 saturated heterocycles. The molecule has 26 heavy (non-hydrogen) atoms. The molecule has 0 radical (unpaired) electrons. The van der Waals surface area contributed by atoms with Crippen molar-refractivity contribution in [3.05, 3.63) is 42.0 Å². The first-order valence-electron chi connectivity index (χ1n) is 8.70. The molecule has 2 aromatic carbocycles. The number of hydrazone groups is 1. The highest BCUT2D eigenvalue weighted by atomic mass is 16.5. The quantitative estimate of drug-likeness (QED) is 0.450. The summed E-state index contributed by atoms with van der Waals surface area (Å²) in [5, 5.41) is 15.8. The van der Waals surface area contributed by atoms with E-state index in [-0.39, 0.29) is 17.3 Å². The third kappa shape index (κ3) is 4.59. The van der Waals surface area contributed by atoms with Gasteiger partial charge in [-0.2, -0.15) is 5.10 Å². The third-order valence-electron chi connectivity index (χ3n) is 4.10. The highest BCUT2D eigenvalue weighted by Gasteiger charge is 2.22. The van der Waals surface area contributed by atoms with E-state index in [1.807, 2.05) is 31.2 Å². The van der Waals surface area contributed by atoms with Crippen LogP contribution in [0.5, 0.6) is 5.75 Å². The van der Waals surface area contributed by atoms with Gasteiger partial charge in [0, 0.05) is 5.71 Å². The van der Waals surface area contributed by atoms with Crippen molar-refractivity contribution in [1.82, 2.24) is 5.43 Å². The molecule has 2 rings (SSSR count). The van der Waals surface area contributed by atoms with Crippen molar-refractivity contribution >= 4 is 28.4 Å². The number of carbonyl (C=O) groups is 2. The van der Waals surface area contributed by atoms with Crippen molar-refractivity contribution < 1.29 is 19.4 Å². The maximum Gasteiger partial charge on any atom is 0.314 e. The molecule has 138 valence electrons. The molecule has 6 nitrogen and oxygen atoms in total. The number of hydrogen-bond acceptors (Lipinski definition) is 5. The normalized spacial score (nSPS) is 12.7. The lowest BCUT2D eigenvalue weighted by Gasteiger charge is -2.14. The molecule has 0 aliphatic carbocycles. The lowest BCUT2D eigenvalue weighted by atomic mass is 9.99. The molecule has 0 heterocycles. The zero-order valence-corrected chi connectivity index (χ0v) is 15.3. The van der Waals surface area contributed by atoms with Gasteiger partial charge in [-0.1, -0.05) is 37.6 Å². The number of rotatable bonds is 7. The molecule has 1 atom stereocenters. The average Bonchev–Trinajstić information content (AvgIpc) is 2.63. The van der Waals surface area contributed by atoms with Gasteiger partial charge in [0.1, 0.15) is 5.75 Å². The SMILES string of the molecule is CCC[C@@H](C(=O)OCC)/C(C)=N\NC(=O)c1cc2ccccc2cc1O. The van der Waals surface area contributed by atoms with Gasteiger partial charge in [0.25, 0.3) is 5.91 Å². The summed E-state index contributed by atoms with van der Waals surface area (Å²) in [6.45, 7) is 5.68. The fourth-order valence-electron chi connectivity index (χ4n) is 2.72. The van der Waals surface area contributed by atoms with Gasteiger partial charge < -0.3 is 9.84 Å². The van der Waals surface area contributed by atoms with E-state index in [1.54, 1.807) is 26.0 Å². The van der Waals surface area contributed by atoms with Gasteiger partial charge in [-0.25, -0.2) is 5.43 Å². The summed E-state index contributed by atoms with van der Waals surface area (Å²) in [4.78, 5) is 24.4. The Morgan fingerprint density at radius 1 is 1.19 bits per heavy atom. The Bertz CT molecular complexity index is 830. The molecule has 0 aromatic heterocycles. The molecule has 0 unspecified atom stereocenters. The van der Waals surface area contributed by atoms with Crippen LogP contribution in [0.2, 0.25) is 0 Å². The van der Waals surface area contributed by atoms with Gasteiger partial charge in [0.2, 0.25) is 0 Å². The van der Waals surface area contributed by atoms with Crippen molar-refractivity contribution in [2.75, 3.05) is 6.61 Å². The maximum atomic E-state index is 12.4. The number of benzene rings is 2. The predicted octanol–water partition coefficient (Wildman–Crippen LogP) is 3.63. The van der Waals surface area contributed by atoms with Crippen LogP contribution >= 0.6 is 0 Å². The van der Waals surface area contributed by atoms with Crippen molar-refractivity contribution in [3.8, 4) is 5.75 Å². The fourth-order valence-corrected chi connectivity index (χ4v) is 2.72. The number of aromatic hydroxyl groups is 1. The Labute approximate surface area is 152 Å². The van der Waals surface area contributed by atoms with Crippen molar-refractivity contribution in [2.45, 2.75) is 33.6 Å². The van der Waals surface area contributed by atoms with E-state index < -0.39 is 11.8 Å². The number of amides is 1. The Balaban J connectivity index is 2.19. The highest BCUT2D eigenvalue weighted by molar-refractivity contribution is 6.04. The summed E-state index contributed by atoms with van der Waals surface area (Å²) in [5.41, 5.74) is 3.02. The van der Waals surface area contributed by atoms with Gasteiger partial charge in [0.05, 0.1) is 18.1 Å². The summed E-state index contributed by atoms with van der Waals surface area (Å²) in [5.74, 6) is -1.50. The molecule has 0 spiro atoms. The van der Waals surface area contributed by atoms with E-state index >= 15 is 0 Å². The number of phenols is 1. The second-order valence-corrected chi connectivity index (χ2v) is 6.00. The number of esters is 1. The Morgan fingerprint density at radius 3 is 2.46 bits per heavy atom. The number of ether oxygens (including phenoxy) is 1. The van der Waals surface area contributed by atoms with Gasteiger partial charge in [0.15, 0.2) is 0 Å². The van der Waals surface area contributed by atoms with Crippen LogP contribution in [0.25, 0.3) is 10.8 Å². The molecule has 0 saturated carbocycles. The first-order valence-corrected chi connectivity index (χ1v) is 8.70. The van der Waals surface area contributed by atoms with Gasteiger partial charge in [-0.15, -0.1) is 0 Å². The van der Waals surface area contributed by atoms with E-state index in [4.69, 9.17) is 4.74 Å². The number of carbonyl (C=O) groups excluding carboxylic acids is 2. The molecule has 2 aromatic rings. The van der Waals surface area contributed by atoms with Crippen LogP contribution in [-0.2, 0) is 9.53 Å². The first kappa shape index (κ1) is 19.4. The second-order valence-electron chi connectivity index (χ2n) is 6.00. The lowest BCUT2D eigenvalue weighted by Crippen LogP contribution is -2.28. The number of nitrogens with zero attached hydrogens (tertiary/aromatic N) is 1. The van der Waals surface area contributed by atoms with Gasteiger partial charge >= 0.3 is 5.97 Å². The standard InChI is InChI=1S/C20H24N2O4/c1-4-8-16(20(25)26-5-2)13(3)21-22-19(24)17-11-14-9-6-7-10-15(14)12-18(17)23/h6-7,9-12,16,23H,4-5,8H2,1-3H3,(H,22,24)/b21-13-/t16-/m1/s1. The molecule has 0 fully saturated rings. The molecule has 6 heteroatoms. The number of phenolic OH excluding ortho intramolecular Hbond substituents is 1. The molecule has 1 amide bonds. The topological polar surface area (TPSA) is 88.0 Å². The monoisotopic (exact) mass is 356 g/mol. The Morgan fingerprint density at radius 2 is 1.85 bits per heavy atom. The zero-order valence-electron chi connectivity index (χ0n) is 15.3. The molecule has 0 aliphatic heterocycles. The van der Waals surface area contributed by atoms with Crippen molar-refractivity contribution in [2.24, 2.45) is 11.0 Å². The third-order valence-corrected chi connectivity index (χ3v) is 4.10. The van der Waals surface area contributed by atoms with E-state index in [0.717, 1.165) is 17.2 Å². The van der Waals surface area contributed by atoms with Crippen LogP contribution in [0.3, 0.4) is 0 Å². The first-order chi connectivity index (χ1) is 12.5. The zero-order chi connectivity index (χ0) is 19.1. The minimum Gasteiger partial charge on any atom is -0.507 e. The molecule has 0 bridgehead atoms. The summed E-state index contributed by atoms with van der Waals surface area (Å²) >= 11 is 0. The van der Waals surface area contributed by atoms with E-state index in [2.05, 4.69) is 10.5 Å². The Kier molecular flexibility index (Phi) is 6.72. The minimum absolute atomic E-state index is 0.121. The van der Waals surface area contributed by atoms with E-state index in [1.165, 1.54) is 0 Å². The smallest absolute Gasteiger partial charge is 0.314 e. The summed E-state index contributed by atoms with van der Waals surface area (Å²) in [7, 11) is 0. The largest absolute Gasteiger partial charge is 0.507 e. The molecule has 2 N–H and O–H groups in total. The van der Waals surface area contributed by atoms with Crippen LogP contribution in [0.15, 0.2) is 41.5 Å². The Hall–Kier alpha value is -2.89. The van der Waals surface area contributed by atoms with Gasteiger partial charge in [-0.3, -0.25) is 9.59 Å². The number of fused-ring (bicyclic) bond motifs is 1. The fraction of sp³-hybridized carbons (Fsp3) is 0.350. The number of hydrogen-bond donors (Lipinski definition) is 2. The summed E-state index contributed by atoms with van der Waals surface area (Å²) < 4.78 is 5.06. The molecule has 0 aliphatic rings. The van der Waals surface area contributed by atoms with Crippen molar-refractivity contribution in [1.29, 1.82) is 0 Å². The van der Waals surface area contributed by atoms with E-state index in [9.17, 15) is 14.7 Å². The highest BCUT2D eigenvalue weighted by Crippen LogP contribution is 2.24. The number of nitrogens with one attached hydrogen (secondary N) is 1. The maximum absolute atomic E-state index is 12.4. The van der Waals surface area contributed by atoms with Crippen LogP contribution in [-0.4, -0.2) is 29.3 Å². The predicted molar refractivity (Wildman–Crippen MR) is 101 cm³/mol. The molecular weight excluding hydrogens is 332 g/mol. The minimum atomic E-state index is -0.535. The summed E-state index contributed by atoms with van der Waals surface area (Å²) in [6.07, 6.45) is 1.38. The van der Waals surface area contributed by atoms with Crippen LogP contribution in [0.4, 0.5) is 0 Å². The van der Waals surface area contributed by atoms with E-state index in [0.29, 0.717) is 18.7 Å². The van der Waals surface area contributed by atoms with Crippen LogP contribution in [0.1, 0.15) is 44.0 Å². The van der Waals surface area contributed by atoms with Gasteiger partial charge in [-0.05, 0) is 43.2 Å².